The highest BCUT2D eigenvalue weighted by Crippen LogP contribution is 2.29. The van der Waals surface area contributed by atoms with Gasteiger partial charge in [-0.25, -0.2) is 0 Å². The summed E-state index contributed by atoms with van der Waals surface area (Å²) in [6.07, 6.45) is 0. The SMILES string of the molecule is CN(C1CNC1)C(c1ccccc1)c1ccccc1. The number of benzene rings is 2. The van der Waals surface area contributed by atoms with E-state index in [4.69, 9.17) is 0 Å². The number of nitrogens with zero attached hydrogens (tertiary/aromatic N) is 1. The number of nitrogens with one attached hydrogen (secondary N) is 1. The van der Waals surface area contributed by atoms with E-state index in [0.29, 0.717) is 12.1 Å². The topological polar surface area (TPSA) is 15.3 Å². The Hall–Kier alpha value is -1.64. The molecule has 0 radical (unpaired) electrons. The highest BCUT2D eigenvalue weighted by molar-refractivity contribution is 5.32. The minimum Gasteiger partial charge on any atom is -0.314 e. The summed E-state index contributed by atoms with van der Waals surface area (Å²) in [6, 6.07) is 22.5. The molecule has 0 bridgehead atoms. The molecule has 1 saturated heterocycles. The van der Waals surface area contributed by atoms with E-state index in [9.17, 15) is 0 Å². The van der Waals surface area contributed by atoms with Crippen LogP contribution in [0.4, 0.5) is 0 Å². The van der Waals surface area contributed by atoms with Crippen LogP contribution in [-0.2, 0) is 0 Å². The van der Waals surface area contributed by atoms with Crippen molar-refractivity contribution in [3.63, 3.8) is 0 Å². The van der Waals surface area contributed by atoms with Crippen LogP contribution in [0.25, 0.3) is 0 Å². The van der Waals surface area contributed by atoms with E-state index < -0.39 is 0 Å². The second-order valence-electron chi connectivity index (χ2n) is 5.20. The van der Waals surface area contributed by atoms with Crippen LogP contribution in [0.3, 0.4) is 0 Å². The number of rotatable bonds is 4. The fraction of sp³-hybridized carbons (Fsp3) is 0.294. The first kappa shape index (κ1) is 12.4. The van der Waals surface area contributed by atoms with Gasteiger partial charge in [-0.3, -0.25) is 4.90 Å². The van der Waals surface area contributed by atoms with Gasteiger partial charge < -0.3 is 5.32 Å². The summed E-state index contributed by atoms with van der Waals surface area (Å²) in [7, 11) is 2.23. The Morgan fingerprint density at radius 2 is 1.37 bits per heavy atom. The van der Waals surface area contributed by atoms with Crippen molar-refractivity contribution in [3.8, 4) is 0 Å². The predicted molar refractivity (Wildman–Crippen MR) is 79.1 cm³/mol. The van der Waals surface area contributed by atoms with Crippen LogP contribution < -0.4 is 5.32 Å². The molecule has 98 valence electrons. The largest absolute Gasteiger partial charge is 0.314 e. The van der Waals surface area contributed by atoms with Crippen molar-refractivity contribution in [2.24, 2.45) is 0 Å². The van der Waals surface area contributed by atoms with E-state index in [-0.39, 0.29) is 0 Å². The molecule has 0 spiro atoms. The molecule has 0 aliphatic carbocycles. The summed E-state index contributed by atoms with van der Waals surface area (Å²) < 4.78 is 0. The summed E-state index contributed by atoms with van der Waals surface area (Å²) in [5.41, 5.74) is 2.73. The lowest BCUT2D eigenvalue weighted by molar-refractivity contribution is 0.146. The maximum Gasteiger partial charge on any atom is 0.0602 e. The molecule has 1 N–H and O–H groups in total. The van der Waals surface area contributed by atoms with Gasteiger partial charge in [-0.1, -0.05) is 60.7 Å². The zero-order valence-electron chi connectivity index (χ0n) is 11.3. The molecule has 19 heavy (non-hydrogen) atoms. The number of likely N-dealkylation sites (N-methyl/N-ethyl adjacent to an activating group) is 1. The molecule has 2 aromatic rings. The third kappa shape index (κ3) is 2.55. The monoisotopic (exact) mass is 252 g/mol. The molecule has 0 saturated carbocycles. The fourth-order valence-corrected chi connectivity index (χ4v) is 2.71. The third-order valence-corrected chi connectivity index (χ3v) is 3.97. The standard InChI is InChI=1S/C17H20N2/c1-19(16-12-18-13-16)17(14-8-4-2-5-9-14)15-10-6-3-7-11-15/h2-11,16-18H,12-13H2,1H3. The van der Waals surface area contributed by atoms with Crippen LogP contribution in [0.15, 0.2) is 60.7 Å². The summed E-state index contributed by atoms with van der Waals surface area (Å²) in [5.74, 6) is 0. The van der Waals surface area contributed by atoms with Crippen LogP contribution in [-0.4, -0.2) is 31.1 Å². The van der Waals surface area contributed by atoms with Gasteiger partial charge in [0.1, 0.15) is 0 Å². The molecular weight excluding hydrogens is 232 g/mol. The lowest BCUT2D eigenvalue weighted by Crippen LogP contribution is -2.56. The Kier molecular flexibility index (Phi) is 3.62. The molecule has 0 atom stereocenters. The fourth-order valence-electron chi connectivity index (χ4n) is 2.71. The number of hydrogen-bond acceptors (Lipinski definition) is 2. The highest BCUT2D eigenvalue weighted by atomic mass is 15.2. The molecule has 2 nitrogen and oxygen atoms in total. The van der Waals surface area contributed by atoms with Crippen molar-refractivity contribution in [2.75, 3.05) is 20.1 Å². The van der Waals surface area contributed by atoms with E-state index in [2.05, 4.69) is 77.9 Å². The van der Waals surface area contributed by atoms with E-state index in [1.807, 2.05) is 0 Å². The Balaban J connectivity index is 1.96. The van der Waals surface area contributed by atoms with E-state index in [1.165, 1.54) is 11.1 Å². The van der Waals surface area contributed by atoms with E-state index in [0.717, 1.165) is 13.1 Å². The van der Waals surface area contributed by atoms with Crippen molar-refractivity contribution in [1.29, 1.82) is 0 Å². The van der Waals surface area contributed by atoms with Crippen molar-refractivity contribution in [3.05, 3.63) is 71.8 Å². The van der Waals surface area contributed by atoms with Gasteiger partial charge in [0.15, 0.2) is 0 Å². The summed E-state index contributed by atoms with van der Waals surface area (Å²) in [6.45, 7) is 2.18. The Bertz CT molecular complexity index is 466. The number of hydrogen-bond donors (Lipinski definition) is 1. The average molecular weight is 252 g/mol. The molecule has 0 amide bonds. The van der Waals surface area contributed by atoms with Gasteiger partial charge in [0.05, 0.1) is 6.04 Å². The van der Waals surface area contributed by atoms with Gasteiger partial charge in [-0.05, 0) is 18.2 Å². The van der Waals surface area contributed by atoms with Crippen molar-refractivity contribution >= 4 is 0 Å². The molecule has 1 fully saturated rings. The first-order valence-corrected chi connectivity index (χ1v) is 6.89. The van der Waals surface area contributed by atoms with Crippen molar-refractivity contribution < 1.29 is 0 Å². The Morgan fingerprint density at radius 1 is 0.895 bits per heavy atom. The summed E-state index contributed by atoms with van der Waals surface area (Å²) in [4.78, 5) is 2.49. The molecule has 0 unspecified atom stereocenters. The maximum absolute atomic E-state index is 3.36. The van der Waals surface area contributed by atoms with Crippen LogP contribution in [0.1, 0.15) is 17.2 Å². The van der Waals surface area contributed by atoms with Gasteiger partial charge in [-0.2, -0.15) is 0 Å². The molecule has 1 aliphatic heterocycles. The Labute approximate surface area is 115 Å². The van der Waals surface area contributed by atoms with Crippen LogP contribution in [0.5, 0.6) is 0 Å². The summed E-state index contributed by atoms with van der Waals surface area (Å²) >= 11 is 0. The van der Waals surface area contributed by atoms with Gasteiger partial charge in [0.2, 0.25) is 0 Å². The van der Waals surface area contributed by atoms with E-state index in [1.54, 1.807) is 0 Å². The molecule has 1 aliphatic rings. The minimum atomic E-state index is 0.342. The molecule has 3 rings (SSSR count). The first-order valence-electron chi connectivity index (χ1n) is 6.89. The van der Waals surface area contributed by atoms with Crippen molar-refractivity contribution in [1.82, 2.24) is 10.2 Å². The minimum absolute atomic E-state index is 0.342. The maximum atomic E-state index is 3.36. The normalized spacial score (nSPS) is 15.7. The lowest BCUT2D eigenvalue weighted by Gasteiger charge is -2.41. The highest BCUT2D eigenvalue weighted by Gasteiger charge is 2.29. The van der Waals surface area contributed by atoms with Gasteiger partial charge in [-0.15, -0.1) is 0 Å². The smallest absolute Gasteiger partial charge is 0.0602 e. The molecule has 1 heterocycles. The van der Waals surface area contributed by atoms with E-state index >= 15 is 0 Å². The van der Waals surface area contributed by atoms with Gasteiger partial charge in [0.25, 0.3) is 0 Å². The first-order chi connectivity index (χ1) is 9.36. The predicted octanol–water partition coefficient (Wildman–Crippen LogP) is 2.68. The van der Waals surface area contributed by atoms with Crippen LogP contribution in [0, 0.1) is 0 Å². The Morgan fingerprint density at radius 3 is 1.74 bits per heavy atom. The zero-order valence-corrected chi connectivity index (χ0v) is 11.3. The zero-order chi connectivity index (χ0) is 13.1. The van der Waals surface area contributed by atoms with Gasteiger partial charge in [0, 0.05) is 19.1 Å². The molecular formula is C17H20N2. The molecule has 2 aromatic carbocycles. The van der Waals surface area contributed by atoms with Crippen molar-refractivity contribution in [2.45, 2.75) is 12.1 Å². The lowest BCUT2D eigenvalue weighted by atomic mass is 9.95. The third-order valence-electron chi connectivity index (χ3n) is 3.97. The van der Waals surface area contributed by atoms with Gasteiger partial charge >= 0.3 is 0 Å². The second-order valence-corrected chi connectivity index (χ2v) is 5.20. The molecule has 2 heteroatoms. The van der Waals surface area contributed by atoms with Crippen LogP contribution >= 0.6 is 0 Å². The summed E-state index contributed by atoms with van der Waals surface area (Å²) in [5, 5.41) is 3.36. The second kappa shape index (κ2) is 5.55. The van der Waals surface area contributed by atoms with Crippen LogP contribution in [0.2, 0.25) is 0 Å². The molecule has 0 aromatic heterocycles. The quantitative estimate of drug-likeness (QED) is 0.900. The average Bonchev–Trinajstić information content (AvgIpc) is 2.39.